The second-order valence-electron chi connectivity index (χ2n) is 15.1. The summed E-state index contributed by atoms with van der Waals surface area (Å²) in [6.45, 7) is 6.67. The van der Waals surface area contributed by atoms with Crippen LogP contribution in [0.15, 0.2) is 30.3 Å². The van der Waals surface area contributed by atoms with E-state index < -0.39 is 59.6 Å². The van der Waals surface area contributed by atoms with Gasteiger partial charge in [0, 0.05) is 80.2 Å². The molecule has 17 nitrogen and oxygen atoms in total. The van der Waals surface area contributed by atoms with Crippen LogP contribution in [-0.2, 0) is 24.0 Å². The molecule has 1 unspecified atom stereocenters. The van der Waals surface area contributed by atoms with Crippen LogP contribution in [0.5, 0.6) is 0 Å². The van der Waals surface area contributed by atoms with Crippen molar-refractivity contribution < 1.29 is 43.8 Å². The lowest BCUT2D eigenvalue weighted by atomic mass is 9.92. The molecular weight excluding hydrogens is 773 g/mol. The fourth-order valence-electron chi connectivity index (χ4n) is 6.88. The molecule has 5 amide bonds. The Morgan fingerprint density at radius 2 is 1.42 bits per heavy atom. The highest BCUT2D eigenvalue weighted by molar-refractivity contribution is 6.26. The second-order valence-corrected chi connectivity index (χ2v) is 15.1. The van der Waals surface area contributed by atoms with Gasteiger partial charge in [-0.1, -0.05) is 71.4 Å². The zero-order valence-electron chi connectivity index (χ0n) is 36.0. The van der Waals surface area contributed by atoms with E-state index in [9.17, 15) is 38.7 Å². The predicted octanol–water partition coefficient (Wildman–Crippen LogP) is 3.12. The maximum atomic E-state index is 13.8. The number of anilines is 1. The molecule has 0 fully saturated rings. The smallest absolute Gasteiger partial charge is 0.326 e. The molecule has 0 aromatic heterocycles. The Morgan fingerprint density at radius 1 is 0.750 bits per heavy atom. The van der Waals surface area contributed by atoms with Crippen LogP contribution in [-0.4, -0.2) is 121 Å². The van der Waals surface area contributed by atoms with Crippen molar-refractivity contribution in [1.29, 1.82) is 0 Å². The Labute approximate surface area is 353 Å². The first kappa shape index (κ1) is 51.0. The monoisotopic (exact) mass is 841 g/mol. The number of nitrogens with one attached hydrogen (secondary N) is 4. The first-order valence-electron chi connectivity index (χ1n) is 21.3. The minimum atomic E-state index is -1.38. The summed E-state index contributed by atoms with van der Waals surface area (Å²) in [5.41, 5.74) is 14.0. The maximum Gasteiger partial charge on any atom is 0.326 e. The molecule has 60 heavy (non-hydrogen) atoms. The molecular formula is C43H68N8O9. The Hall–Kier alpha value is -5.13. The average molecular weight is 841 g/mol. The highest BCUT2D eigenvalue weighted by atomic mass is 16.4. The average Bonchev–Trinajstić information content (AvgIpc) is 3.21. The zero-order chi connectivity index (χ0) is 44.8. The number of nitrogens with zero attached hydrogens (tertiary/aromatic N) is 2. The van der Waals surface area contributed by atoms with Gasteiger partial charge in [-0.15, -0.1) is 0 Å². The first-order chi connectivity index (χ1) is 28.7. The third-order valence-electron chi connectivity index (χ3n) is 10.2. The summed E-state index contributed by atoms with van der Waals surface area (Å²) in [7, 11) is 3.72. The Bertz CT molecular complexity index is 1730. The highest BCUT2D eigenvalue weighted by Crippen LogP contribution is 2.35. The van der Waals surface area contributed by atoms with Crippen LogP contribution >= 0.6 is 0 Å². The van der Waals surface area contributed by atoms with Crippen molar-refractivity contribution in [2.75, 3.05) is 45.2 Å². The molecule has 2 aromatic rings. The van der Waals surface area contributed by atoms with E-state index in [1.54, 1.807) is 24.3 Å². The lowest BCUT2D eigenvalue weighted by molar-refractivity contribution is -0.142. The summed E-state index contributed by atoms with van der Waals surface area (Å²) >= 11 is 0. The number of hydrogen-bond donors (Lipinski definition) is 8. The fourth-order valence-corrected chi connectivity index (χ4v) is 6.88. The van der Waals surface area contributed by atoms with Gasteiger partial charge in [0.1, 0.15) is 12.1 Å². The molecule has 0 saturated heterocycles. The Balaban J connectivity index is 0.00000610. The minimum absolute atomic E-state index is 0.0243. The van der Waals surface area contributed by atoms with Gasteiger partial charge in [0.2, 0.25) is 17.7 Å². The van der Waals surface area contributed by atoms with E-state index in [1.807, 2.05) is 38.9 Å². The van der Waals surface area contributed by atoms with Gasteiger partial charge in [-0.2, -0.15) is 0 Å². The largest absolute Gasteiger partial charge is 0.481 e. The van der Waals surface area contributed by atoms with Crippen LogP contribution in [0.3, 0.4) is 0 Å². The van der Waals surface area contributed by atoms with Gasteiger partial charge in [0.05, 0.1) is 6.04 Å². The highest BCUT2D eigenvalue weighted by Gasteiger charge is 2.35. The van der Waals surface area contributed by atoms with Crippen molar-refractivity contribution in [2.45, 2.75) is 128 Å². The molecule has 1 aliphatic rings. The molecule has 1 heterocycles. The SMILES string of the molecule is CC.CCCCCCCC[C@H](N)CNCC[C@H](N)C(=O)NC(CCN1C(=O)c2cccc3c(N(C)C)ccc(c23)C1=O)C(=O)NCC[C@@H](NC(=O)CCCC(=O)O)C(=O)O. The molecule has 0 bridgehead atoms. The summed E-state index contributed by atoms with van der Waals surface area (Å²) in [4.78, 5) is 92.2. The number of carboxylic acid groups (broad SMARTS) is 2. The van der Waals surface area contributed by atoms with Crippen molar-refractivity contribution >= 4 is 57.9 Å². The number of rotatable bonds is 28. The van der Waals surface area contributed by atoms with E-state index in [-0.39, 0.29) is 57.7 Å². The van der Waals surface area contributed by atoms with Crippen molar-refractivity contribution in [3.63, 3.8) is 0 Å². The molecule has 334 valence electrons. The lowest BCUT2D eigenvalue weighted by Crippen LogP contribution is -2.54. The van der Waals surface area contributed by atoms with Crippen LogP contribution < -0.4 is 37.6 Å². The summed E-state index contributed by atoms with van der Waals surface area (Å²) in [5.74, 6) is -5.55. The Kier molecular flexibility index (Phi) is 22.8. The number of carbonyl (C=O) groups is 7. The van der Waals surface area contributed by atoms with E-state index >= 15 is 0 Å². The molecule has 17 heteroatoms. The molecule has 0 spiro atoms. The van der Waals surface area contributed by atoms with E-state index in [0.29, 0.717) is 29.6 Å². The number of amides is 5. The second kappa shape index (κ2) is 26.9. The van der Waals surface area contributed by atoms with Gasteiger partial charge in [-0.05, 0) is 56.8 Å². The number of carbonyl (C=O) groups excluding carboxylic acids is 5. The van der Waals surface area contributed by atoms with Crippen LogP contribution in [0.1, 0.15) is 125 Å². The predicted molar refractivity (Wildman–Crippen MR) is 232 cm³/mol. The van der Waals surface area contributed by atoms with Gasteiger partial charge in [-0.25, -0.2) is 4.79 Å². The summed E-state index contributed by atoms with van der Waals surface area (Å²) in [6, 6.07) is 4.96. The molecule has 4 atom stereocenters. The summed E-state index contributed by atoms with van der Waals surface area (Å²) in [5, 5.41) is 30.5. The number of aliphatic carboxylic acids is 2. The number of carboxylic acids is 2. The minimum Gasteiger partial charge on any atom is -0.481 e. The normalized spacial score (nSPS) is 14.0. The molecule has 1 aliphatic heterocycles. The van der Waals surface area contributed by atoms with Gasteiger partial charge < -0.3 is 47.8 Å². The maximum absolute atomic E-state index is 13.8. The third-order valence-corrected chi connectivity index (χ3v) is 10.2. The van der Waals surface area contributed by atoms with Gasteiger partial charge in [0.15, 0.2) is 0 Å². The van der Waals surface area contributed by atoms with Gasteiger partial charge >= 0.3 is 11.9 Å². The number of nitrogens with two attached hydrogens (primary N) is 2. The van der Waals surface area contributed by atoms with Crippen LogP contribution in [0.4, 0.5) is 5.69 Å². The van der Waals surface area contributed by atoms with Gasteiger partial charge in [0.25, 0.3) is 11.8 Å². The third kappa shape index (κ3) is 16.1. The van der Waals surface area contributed by atoms with Crippen LogP contribution in [0.25, 0.3) is 10.8 Å². The first-order valence-corrected chi connectivity index (χ1v) is 21.3. The molecule has 0 radical (unpaired) electrons. The quantitative estimate of drug-likeness (QED) is 0.0453. The zero-order valence-corrected chi connectivity index (χ0v) is 36.0. The topological polar surface area (TPSA) is 267 Å². The molecule has 2 aromatic carbocycles. The number of unbranched alkanes of at least 4 members (excludes halogenated alkanes) is 5. The molecule has 3 rings (SSSR count). The Morgan fingerprint density at radius 3 is 2.07 bits per heavy atom. The van der Waals surface area contributed by atoms with E-state index in [1.165, 1.54) is 25.7 Å². The fraction of sp³-hybridized carbons (Fsp3) is 0.605. The van der Waals surface area contributed by atoms with E-state index in [2.05, 4.69) is 28.2 Å². The van der Waals surface area contributed by atoms with Crippen molar-refractivity contribution in [1.82, 2.24) is 26.2 Å². The number of imide groups is 1. The van der Waals surface area contributed by atoms with Gasteiger partial charge in [-0.3, -0.25) is 33.7 Å². The molecule has 0 aliphatic carbocycles. The number of benzene rings is 2. The molecule has 0 saturated carbocycles. The number of hydrogen-bond acceptors (Lipinski definition) is 11. The standard InChI is InChI=1S/C41H62N8O9.C2H6/c1-4-5-6-7-8-9-12-26(42)25-44-22-19-30(43)37(53)47-31(38(54)45-23-20-32(41(57)58)46-34(50)15-11-16-35(51)52)21-24-49-39(55)28-14-10-13-27-33(48(2)3)18-17-29(36(27)28)40(49)56;1-2/h10,13-14,17-18,26,30-32,44H,4-9,11-12,15-16,19-25,42-43H2,1-3H3,(H,45,54)(H,46,50)(H,47,53)(H,51,52)(H,57,58);1-2H3/t26-,30-,31?,32+;/m0./s1. The van der Waals surface area contributed by atoms with Crippen LogP contribution in [0.2, 0.25) is 0 Å². The summed E-state index contributed by atoms with van der Waals surface area (Å²) in [6.07, 6.45) is 7.33. The summed E-state index contributed by atoms with van der Waals surface area (Å²) < 4.78 is 0. The molecule has 10 N–H and O–H groups in total. The van der Waals surface area contributed by atoms with Crippen molar-refractivity contribution in [3.8, 4) is 0 Å². The lowest BCUT2D eigenvalue weighted by Gasteiger charge is -2.30. The van der Waals surface area contributed by atoms with Crippen molar-refractivity contribution in [3.05, 3.63) is 41.5 Å². The van der Waals surface area contributed by atoms with E-state index in [4.69, 9.17) is 16.6 Å². The van der Waals surface area contributed by atoms with Crippen molar-refractivity contribution in [2.24, 2.45) is 11.5 Å². The van der Waals surface area contributed by atoms with Crippen LogP contribution in [0, 0.1) is 0 Å². The van der Waals surface area contributed by atoms with E-state index in [0.717, 1.165) is 35.2 Å².